The van der Waals surface area contributed by atoms with Crippen molar-refractivity contribution in [3.8, 4) is 123 Å². The molecule has 4 heterocycles. The number of aromatic nitrogens is 2. The number of phenols is 4. The van der Waals surface area contributed by atoms with Crippen LogP contribution in [0.5, 0.6) is 23.0 Å². The molecule has 2 aliphatic heterocycles. The Hall–Kier alpha value is -14.1. The maximum Gasteiger partial charge on any atom is 0.416 e. The van der Waals surface area contributed by atoms with Crippen LogP contribution in [0.15, 0.2) is 329 Å². The molecule has 1 saturated heterocycles. The normalized spacial score (nSPS) is 12.9. The van der Waals surface area contributed by atoms with Crippen LogP contribution >= 0.6 is 0 Å². The number of phenolic OH excluding ortho intramolecular Hbond substituents is 4. The molecule has 16 rings (SSSR count). The van der Waals surface area contributed by atoms with E-state index >= 15 is 0 Å². The fraction of sp³-hybridized carbons (Fsp3) is 0.0562. The van der Waals surface area contributed by atoms with Crippen molar-refractivity contribution in [1.29, 1.82) is 0 Å². The smallest absolute Gasteiger partial charge is 0.416 e. The van der Waals surface area contributed by atoms with Crippen molar-refractivity contribution in [1.82, 2.24) is 20.8 Å². The Kier molecular flexibility index (Phi) is 21.2. The van der Waals surface area contributed by atoms with Gasteiger partial charge in [-0.2, -0.15) is 0 Å². The monoisotopic (exact) mass is 1380 g/mol. The Morgan fingerprint density at radius 3 is 1.17 bits per heavy atom. The highest BCUT2D eigenvalue weighted by molar-refractivity contribution is 6.16. The second-order valence-corrected chi connectivity index (χ2v) is 25.2. The first-order valence-corrected chi connectivity index (χ1v) is 33.8. The van der Waals surface area contributed by atoms with Crippen molar-refractivity contribution < 1.29 is 48.5 Å². The number of aromatic amines is 1. The zero-order valence-corrected chi connectivity index (χ0v) is 56.5. The van der Waals surface area contributed by atoms with Crippen molar-refractivity contribution in [2.75, 3.05) is 5.73 Å². The minimum absolute atomic E-state index is 0.179. The van der Waals surface area contributed by atoms with Crippen molar-refractivity contribution in [2.45, 2.75) is 25.7 Å². The highest BCUT2D eigenvalue weighted by Crippen LogP contribution is 2.39. The molecule has 1 unspecified atom stereocenters. The number of nitrogens with one attached hydrogen (secondary N) is 3. The van der Waals surface area contributed by atoms with E-state index in [0.717, 1.165) is 117 Å². The van der Waals surface area contributed by atoms with Crippen LogP contribution in [0.25, 0.3) is 100 Å². The van der Waals surface area contributed by atoms with Crippen LogP contribution < -0.4 is 22.1 Å². The predicted octanol–water partition coefficient (Wildman–Crippen LogP) is 17.3. The van der Waals surface area contributed by atoms with Crippen LogP contribution in [0.4, 0.5) is 5.82 Å². The Morgan fingerprint density at radius 1 is 0.390 bits per heavy atom. The first-order chi connectivity index (χ1) is 51.1. The lowest BCUT2D eigenvalue weighted by atomic mass is 9.89. The van der Waals surface area contributed by atoms with E-state index in [4.69, 9.17) is 14.7 Å². The van der Waals surface area contributed by atoms with Crippen LogP contribution in [-0.4, -0.2) is 54.2 Å². The molecule has 0 saturated carbocycles. The number of carbonyl (C=O) groups is 4. The highest BCUT2D eigenvalue weighted by atomic mass is 16.5. The van der Waals surface area contributed by atoms with E-state index in [0.29, 0.717) is 36.4 Å². The second kappa shape index (κ2) is 32.0. The number of rotatable bonds is 15. The summed E-state index contributed by atoms with van der Waals surface area (Å²) in [6.07, 6.45) is 6.11. The van der Waals surface area contributed by atoms with E-state index in [1.807, 2.05) is 188 Å². The van der Waals surface area contributed by atoms with E-state index in [1.165, 1.54) is 6.08 Å². The third kappa shape index (κ3) is 17.2. The molecular formula is C89H69N5O11. The maximum absolute atomic E-state index is 12.1. The number of anilines is 1. The van der Waals surface area contributed by atoms with E-state index in [2.05, 4.69) is 57.2 Å². The predicted molar refractivity (Wildman–Crippen MR) is 408 cm³/mol. The average Bonchev–Trinajstić information content (AvgIpc) is 1.88. The van der Waals surface area contributed by atoms with Gasteiger partial charge in [-0.05, 0) is 167 Å². The van der Waals surface area contributed by atoms with Crippen molar-refractivity contribution in [2.24, 2.45) is 5.92 Å². The van der Waals surface area contributed by atoms with Gasteiger partial charge in [0.05, 0.1) is 12.1 Å². The molecule has 2 aromatic heterocycles. The minimum atomic E-state index is -0.498. The summed E-state index contributed by atoms with van der Waals surface area (Å²) < 4.78 is 10.3. The largest absolute Gasteiger partial charge is 0.508 e. The number of oxazole rings is 1. The molecule has 0 bridgehead atoms. The second-order valence-electron chi connectivity index (χ2n) is 25.2. The number of nitrogens with two attached hydrogens (primary N) is 1. The maximum atomic E-state index is 12.1. The molecule has 2 aliphatic rings. The number of benzene rings is 12. The summed E-state index contributed by atoms with van der Waals surface area (Å²) in [5.41, 5.74) is 26.9. The number of imide groups is 2. The molecule has 0 radical (unpaired) electrons. The Morgan fingerprint density at radius 2 is 0.790 bits per heavy atom. The number of hydrogen-bond donors (Lipinski definition) is 8. The van der Waals surface area contributed by atoms with Crippen LogP contribution in [-0.2, 0) is 38.4 Å². The fourth-order valence-corrected chi connectivity index (χ4v) is 12.9. The number of hydrogen-bond acceptors (Lipinski definition) is 13. The zero-order valence-electron chi connectivity index (χ0n) is 56.5. The van der Waals surface area contributed by atoms with Crippen LogP contribution in [0.1, 0.15) is 28.7 Å². The molecule has 12 aromatic carbocycles. The molecule has 105 heavy (non-hydrogen) atoms. The van der Waals surface area contributed by atoms with Crippen LogP contribution in [0, 0.1) is 5.92 Å². The van der Waals surface area contributed by atoms with Gasteiger partial charge in [0, 0.05) is 42.0 Å². The SMILES string of the molecule is Nc1nocc1Cc1cc(-c2ccccc2)ccc1-c1cccc(O)c1.O=C1C=C(Cc2cc(-c3ccccc3)ccc2-c2cccc(O)c2)C(=O)N1.O=C1CC(Cc2cc(-c3ccccc3)ccc2-c2cccc(O)c2)C(=O)N1.O=c1[nH]cc(-c2cc(-c3ccccc3)ccc2-c2cccc(O)c2)o1. The molecule has 14 aromatic rings. The van der Waals surface area contributed by atoms with E-state index in [9.17, 15) is 44.4 Å². The Labute approximate surface area is 604 Å². The van der Waals surface area contributed by atoms with Crippen molar-refractivity contribution >= 4 is 29.4 Å². The average molecular weight is 1380 g/mol. The van der Waals surface area contributed by atoms with E-state index in [-0.39, 0.29) is 59.0 Å². The van der Waals surface area contributed by atoms with Gasteiger partial charge >= 0.3 is 5.76 Å². The summed E-state index contributed by atoms with van der Waals surface area (Å²) in [5.74, 6) is -0.371. The number of nitrogen functional groups attached to an aromatic ring is 1. The number of H-pyrrole nitrogens is 1. The molecule has 1 atom stereocenters. The van der Waals surface area contributed by atoms with Gasteiger partial charge in [0.25, 0.3) is 11.8 Å². The third-order valence-electron chi connectivity index (χ3n) is 18.0. The van der Waals surface area contributed by atoms with E-state index < -0.39 is 5.76 Å². The minimum Gasteiger partial charge on any atom is -0.508 e. The molecular weight excluding hydrogens is 1320 g/mol. The Bertz CT molecular complexity index is 5570. The summed E-state index contributed by atoms with van der Waals surface area (Å²) in [6, 6.07) is 93.0. The van der Waals surface area contributed by atoms with Crippen molar-refractivity contribution in [3.05, 3.63) is 348 Å². The molecule has 0 spiro atoms. The van der Waals surface area contributed by atoms with Gasteiger partial charge in [0.15, 0.2) is 11.6 Å². The fourth-order valence-electron chi connectivity index (χ4n) is 12.9. The van der Waals surface area contributed by atoms with Gasteiger partial charge in [-0.1, -0.05) is 242 Å². The first kappa shape index (κ1) is 69.4. The molecule has 0 aliphatic carbocycles. The van der Waals surface area contributed by atoms with Gasteiger partial charge in [-0.3, -0.25) is 34.8 Å². The highest BCUT2D eigenvalue weighted by Gasteiger charge is 2.31. The molecule has 16 nitrogen and oxygen atoms in total. The van der Waals surface area contributed by atoms with Crippen LogP contribution in [0.3, 0.4) is 0 Å². The number of aromatic hydroxyl groups is 4. The topological polar surface area (TPSA) is 271 Å². The molecule has 16 heteroatoms. The molecule has 9 N–H and O–H groups in total. The van der Waals surface area contributed by atoms with Gasteiger partial charge in [0.2, 0.25) is 11.8 Å². The third-order valence-corrected chi connectivity index (χ3v) is 18.0. The number of carbonyl (C=O) groups excluding carboxylic acids is 4. The van der Waals surface area contributed by atoms with Gasteiger partial charge < -0.3 is 35.1 Å². The lowest BCUT2D eigenvalue weighted by molar-refractivity contribution is -0.126. The lowest BCUT2D eigenvalue weighted by Gasteiger charge is -2.15. The van der Waals surface area contributed by atoms with Gasteiger partial charge in [0.1, 0.15) is 29.3 Å². The molecule has 516 valence electrons. The summed E-state index contributed by atoms with van der Waals surface area (Å²) in [7, 11) is 0. The standard InChI is InChI=1S/C23H19NO3.C23H17NO3.C22H18N2O2.C21H15NO3/c2*25-20-8-4-7-17(13-20)21-10-9-16(15-5-2-1-3-6-15)11-18(21)12-19-14-22(26)24-23(19)27;23-22-19(14-26-24-22)12-18-11-16(15-5-2-1-3-6-15)9-10-21(18)17-7-4-8-20(25)13-17;23-17-8-4-7-16(11-17)18-10-9-15(14-5-2-1-3-6-14)12-19(18)20-13-22-21(24)25-20/h1-11,13,19,25H,12,14H2,(H,24,26,27);1-11,13-14,25H,12H2,(H,24,26,27);1-11,13-14,25H,12H2,(H2,23,24);1-13,23H,(H,22,24). The lowest BCUT2D eigenvalue weighted by Crippen LogP contribution is -2.23. The number of nitrogens with zero attached hydrogens (tertiary/aromatic N) is 1. The first-order valence-electron chi connectivity index (χ1n) is 33.8. The Balaban J connectivity index is 0.000000124. The summed E-state index contributed by atoms with van der Waals surface area (Å²) in [5, 5.41) is 47.8. The number of amides is 4. The summed E-state index contributed by atoms with van der Waals surface area (Å²) in [4.78, 5) is 61.2. The summed E-state index contributed by atoms with van der Waals surface area (Å²) >= 11 is 0. The quantitative estimate of drug-likeness (QED) is 0.0444. The van der Waals surface area contributed by atoms with Gasteiger partial charge in [-0.15, -0.1) is 0 Å². The summed E-state index contributed by atoms with van der Waals surface area (Å²) in [6.45, 7) is 0. The molecule has 4 amide bonds. The zero-order chi connectivity index (χ0) is 72.8. The van der Waals surface area contributed by atoms with Crippen LogP contribution in [0.2, 0.25) is 0 Å². The molecule has 1 fully saturated rings. The van der Waals surface area contributed by atoms with E-state index in [1.54, 1.807) is 79.2 Å². The van der Waals surface area contributed by atoms with Crippen molar-refractivity contribution in [3.63, 3.8) is 0 Å². The van der Waals surface area contributed by atoms with Gasteiger partial charge in [-0.25, -0.2) is 4.79 Å².